The first kappa shape index (κ1) is 17.2. The lowest BCUT2D eigenvalue weighted by atomic mass is 10.3. The smallest absolute Gasteiger partial charge is 0.170 e. The van der Waals surface area contributed by atoms with Crippen molar-refractivity contribution in [2.24, 2.45) is 0 Å². The Kier molecular flexibility index (Phi) is 6.49. The van der Waals surface area contributed by atoms with Crippen molar-refractivity contribution in [2.45, 2.75) is 6.54 Å². The highest BCUT2D eigenvalue weighted by molar-refractivity contribution is 9.14. The molecule has 0 saturated carbocycles. The topological polar surface area (TPSA) is 41.9 Å². The number of halogens is 4. The van der Waals surface area contributed by atoms with Gasteiger partial charge in [-0.1, -0.05) is 11.6 Å². The molecule has 1 aromatic heterocycles. The standard InChI is InChI=1S/C12H10Br3ClN4S/c13-9-10(14)19-20(11(9)15)6-5-17-12(21)18-8-3-1-7(16)2-4-8/h1-4H,5-6H2,(H2,17,18,21). The molecule has 0 aliphatic carbocycles. The molecule has 2 rings (SSSR count). The summed E-state index contributed by atoms with van der Waals surface area (Å²) >= 11 is 21.3. The second-order valence-corrected chi connectivity index (χ2v) is 7.15. The highest BCUT2D eigenvalue weighted by Crippen LogP contribution is 2.30. The molecule has 112 valence electrons. The van der Waals surface area contributed by atoms with Gasteiger partial charge in [0, 0.05) is 17.3 Å². The molecule has 0 saturated heterocycles. The summed E-state index contributed by atoms with van der Waals surface area (Å²) in [6, 6.07) is 7.36. The van der Waals surface area contributed by atoms with Gasteiger partial charge < -0.3 is 10.6 Å². The van der Waals surface area contributed by atoms with E-state index in [-0.39, 0.29) is 0 Å². The van der Waals surface area contributed by atoms with Crippen LogP contribution in [0, 0.1) is 0 Å². The van der Waals surface area contributed by atoms with Crippen LogP contribution in [0.5, 0.6) is 0 Å². The third kappa shape index (κ3) is 4.92. The summed E-state index contributed by atoms with van der Waals surface area (Å²) in [5, 5.41) is 11.8. The molecule has 2 aromatic rings. The predicted molar refractivity (Wildman–Crippen MR) is 101 cm³/mol. The van der Waals surface area contributed by atoms with Crippen LogP contribution in [0.25, 0.3) is 0 Å². The fourth-order valence-electron chi connectivity index (χ4n) is 1.52. The number of benzene rings is 1. The van der Waals surface area contributed by atoms with Gasteiger partial charge in [0.05, 0.1) is 11.0 Å². The Morgan fingerprint density at radius 3 is 2.48 bits per heavy atom. The summed E-state index contributed by atoms with van der Waals surface area (Å²) in [7, 11) is 0. The number of nitrogens with zero attached hydrogens (tertiary/aromatic N) is 2. The van der Waals surface area contributed by atoms with Crippen LogP contribution in [-0.2, 0) is 6.54 Å². The fourth-order valence-corrected chi connectivity index (χ4v) is 3.24. The average molecular weight is 517 g/mol. The third-order valence-corrected chi connectivity index (χ3v) is 6.18. The lowest BCUT2D eigenvalue weighted by Crippen LogP contribution is -2.31. The van der Waals surface area contributed by atoms with Gasteiger partial charge in [-0.3, -0.25) is 4.68 Å². The lowest BCUT2D eigenvalue weighted by Gasteiger charge is -2.11. The Labute approximate surface area is 158 Å². The summed E-state index contributed by atoms with van der Waals surface area (Å²) in [6.45, 7) is 1.33. The van der Waals surface area contributed by atoms with Gasteiger partial charge in [-0.05, 0) is 84.3 Å². The van der Waals surface area contributed by atoms with E-state index in [0.29, 0.717) is 23.2 Å². The number of nitrogens with one attached hydrogen (secondary N) is 2. The summed E-state index contributed by atoms with van der Waals surface area (Å²) in [5.41, 5.74) is 0.891. The monoisotopic (exact) mass is 514 g/mol. The van der Waals surface area contributed by atoms with Crippen LogP contribution in [0.1, 0.15) is 0 Å². The minimum Gasteiger partial charge on any atom is -0.361 e. The molecule has 0 aliphatic rings. The van der Waals surface area contributed by atoms with E-state index in [4.69, 9.17) is 23.8 Å². The number of rotatable bonds is 4. The molecule has 0 aliphatic heterocycles. The first-order chi connectivity index (χ1) is 9.97. The van der Waals surface area contributed by atoms with Crippen LogP contribution in [0.3, 0.4) is 0 Å². The lowest BCUT2D eigenvalue weighted by molar-refractivity contribution is 0.590. The van der Waals surface area contributed by atoms with E-state index < -0.39 is 0 Å². The molecule has 0 fully saturated rings. The summed E-state index contributed by atoms with van der Waals surface area (Å²) in [6.07, 6.45) is 0. The molecule has 1 heterocycles. The average Bonchev–Trinajstić information content (AvgIpc) is 2.69. The summed E-state index contributed by atoms with van der Waals surface area (Å²) < 4.78 is 4.36. The number of aromatic nitrogens is 2. The van der Waals surface area contributed by atoms with Gasteiger partial charge in [0.15, 0.2) is 5.11 Å². The van der Waals surface area contributed by atoms with E-state index >= 15 is 0 Å². The SMILES string of the molecule is S=C(NCCn1nc(Br)c(Br)c1Br)Nc1ccc(Cl)cc1. The highest BCUT2D eigenvalue weighted by atomic mass is 79.9. The zero-order chi connectivity index (χ0) is 15.4. The highest BCUT2D eigenvalue weighted by Gasteiger charge is 2.10. The molecule has 2 N–H and O–H groups in total. The van der Waals surface area contributed by atoms with Gasteiger partial charge in [-0.2, -0.15) is 5.10 Å². The van der Waals surface area contributed by atoms with E-state index in [0.717, 1.165) is 19.4 Å². The van der Waals surface area contributed by atoms with Crippen LogP contribution in [0.4, 0.5) is 5.69 Å². The van der Waals surface area contributed by atoms with E-state index in [1.807, 2.05) is 28.9 Å². The Hall–Kier alpha value is -0.150. The van der Waals surface area contributed by atoms with Gasteiger partial charge in [0.2, 0.25) is 0 Å². The normalized spacial score (nSPS) is 10.5. The van der Waals surface area contributed by atoms with Gasteiger partial charge in [0.25, 0.3) is 0 Å². The Balaban J connectivity index is 1.81. The molecule has 9 heteroatoms. The van der Waals surface area contributed by atoms with Crippen molar-refractivity contribution in [1.29, 1.82) is 0 Å². The largest absolute Gasteiger partial charge is 0.361 e. The second kappa shape index (κ2) is 7.92. The fraction of sp³-hybridized carbons (Fsp3) is 0.167. The maximum atomic E-state index is 5.83. The van der Waals surface area contributed by atoms with Crippen molar-refractivity contribution < 1.29 is 0 Å². The molecular formula is C12H10Br3ClN4S. The van der Waals surface area contributed by atoms with Crippen molar-refractivity contribution >= 4 is 82.4 Å². The van der Waals surface area contributed by atoms with Gasteiger partial charge in [0.1, 0.15) is 9.21 Å². The number of thiocarbonyl (C=S) groups is 1. The van der Waals surface area contributed by atoms with Crippen molar-refractivity contribution in [2.75, 3.05) is 11.9 Å². The predicted octanol–water partition coefficient (Wildman–Crippen LogP) is 4.81. The number of hydrogen-bond acceptors (Lipinski definition) is 2. The zero-order valence-electron chi connectivity index (χ0n) is 10.5. The molecule has 0 radical (unpaired) electrons. The molecular weight excluding hydrogens is 507 g/mol. The van der Waals surface area contributed by atoms with Crippen molar-refractivity contribution in [3.05, 3.63) is 43.0 Å². The molecule has 0 spiro atoms. The number of hydrogen-bond donors (Lipinski definition) is 2. The maximum absolute atomic E-state index is 5.83. The molecule has 0 atom stereocenters. The van der Waals surface area contributed by atoms with E-state index in [1.54, 1.807) is 0 Å². The molecule has 1 aromatic carbocycles. The molecule has 0 bridgehead atoms. The second-order valence-electron chi connectivity index (χ2n) is 4.01. The first-order valence-electron chi connectivity index (χ1n) is 5.85. The minimum atomic E-state index is 0.554. The summed E-state index contributed by atoms with van der Waals surface area (Å²) in [5.74, 6) is 0. The van der Waals surface area contributed by atoms with Gasteiger partial charge in [-0.25, -0.2) is 0 Å². The van der Waals surface area contributed by atoms with Crippen LogP contribution in [0.15, 0.2) is 37.9 Å². The minimum absolute atomic E-state index is 0.554. The molecule has 4 nitrogen and oxygen atoms in total. The van der Waals surface area contributed by atoms with Crippen LogP contribution in [0.2, 0.25) is 5.02 Å². The van der Waals surface area contributed by atoms with Crippen molar-refractivity contribution in [3.8, 4) is 0 Å². The summed E-state index contributed by atoms with van der Waals surface area (Å²) in [4.78, 5) is 0. The zero-order valence-corrected chi connectivity index (χ0v) is 16.9. The molecule has 21 heavy (non-hydrogen) atoms. The van der Waals surface area contributed by atoms with Crippen LogP contribution in [-0.4, -0.2) is 21.4 Å². The Morgan fingerprint density at radius 1 is 1.24 bits per heavy atom. The van der Waals surface area contributed by atoms with E-state index in [9.17, 15) is 0 Å². The maximum Gasteiger partial charge on any atom is 0.170 e. The molecule has 0 amide bonds. The van der Waals surface area contributed by atoms with Crippen LogP contribution < -0.4 is 10.6 Å². The van der Waals surface area contributed by atoms with E-state index in [2.05, 4.69) is 63.5 Å². The Bertz CT molecular complexity index is 645. The number of anilines is 1. The quantitative estimate of drug-likeness (QED) is 0.572. The van der Waals surface area contributed by atoms with Crippen molar-refractivity contribution in [3.63, 3.8) is 0 Å². The van der Waals surface area contributed by atoms with Crippen LogP contribution >= 0.6 is 71.6 Å². The van der Waals surface area contributed by atoms with Gasteiger partial charge >= 0.3 is 0 Å². The van der Waals surface area contributed by atoms with E-state index in [1.165, 1.54) is 0 Å². The van der Waals surface area contributed by atoms with Crippen molar-refractivity contribution in [1.82, 2.24) is 15.1 Å². The van der Waals surface area contributed by atoms with Gasteiger partial charge in [-0.15, -0.1) is 0 Å². The third-order valence-electron chi connectivity index (χ3n) is 2.51. The molecule has 0 unspecified atom stereocenters. The Morgan fingerprint density at radius 2 is 1.90 bits per heavy atom. The first-order valence-corrected chi connectivity index (χ1v) is 9.01.